The van der Waals surface area contributed by atoms with Gasteiger partial charge in [-0.2, -0.15) is 0 Å². The van der Waals surface area contributed by atoms with Gasteiger partial charge in [0.1, 0.15) is 0 Å². The van der Waals surface area contributed by atoms with Gasteiger partial charge >= 0.3 is 5.97 Å². The molecule has 0 fully saturated rings. The van der Waals surface area contributed by atoms with Gasteiger partial charge in [-0.1, -0.05) is 11.3 Å². The SMILES string of the molecule is CC(=O)c1s/c(=N\c2ccc(C(=O)O)cc2)n(CCO)c1C. The van der Waals surface area contributed by atoms with E-state index in [4.69, 9.17) is 5.11 Å². The molecule has 0 amide bonds. The Labute approximate surface area is 131 Å². The highest BCUT2D eigenvalue weighted by Crippen LogP contribution is 2.16. The van der Waals surface area contributed by atoms with E-state index >= 15 is 0 Å². The Hall–Kier alpha value is -2.25. The minimum atomic E-state index is -0.993. The van der Waals surface area contributed by atoms with Crippen LogP contribution in [0.4, 0.5) is 5.69 Å². The number of aliphatic hydroxyl groups excluding tert-OH is 1. The summed E-state index contributed by atoms with van der Waals surface area (Å²) in [6, 6.07) is 6.16. The highest BCUT2D eigenvalue weighted by Gasteiger charge is 2.13. The second-order valence-electron chi connectivity index (χ2n) is 4.69. The average Bonchev–Trinajstić information content (AvgIpc) is 2.77. The molecular formula is C15H16N2O4S. The number of carboxylic acid groups (broad SMARTS) is 1. The Balaban J connectivity index is 2.52. The van der Waals surface area contributed by atoms with Crippen molar-refractivity contribution < 1.29 is 19.8 Å². The summed E-state index contributed by atoms with van der Waals surface area (Å²) in [6.45, 7) is 3.60. The minimum absolute atomic E-state index is 0.0446. The third kappa shape index (κ3) is 3.32. The molecule has 0 unspecified atom stereocenters. The van der Waals surface area contributed by atoms with Crippen molar-refractivity contribution >= 4 is 28.8 Å². The second-order valence-corrected chi connectivity index (χ2v) is 5.67. The molecule has 0 spiro atoms. The fraction of sp³-hybridized carbons (Fsp3) is 0.267. The first-order chi connectivity index (χ1) is 10.4. The van der Waals surface area contributed by atoms with Crippen molar-refractivity contribution in [1.29, 1.82) is 0 Å². The first-order valence-electron chi connectivity index (χ1n) is 6.64. The van der Waals surface area contributed by atoms with E-state index in [9.17, 15) is 14.7 Å². The van der Waals surface area contributed by atoms with Gasteiger partial charge in [-0.3, -0.25) is 4.79 Å². The van der Waals surface area contributed by atoms with Gasteiger partial charge in [0, 0.05) is 19.2 Å². The largest absolute Gasteiger partial charge is 0.478 e. The van der Waals surface area contributed by atoms with E-state index in [1.54, 1.807) is 16.7 Å². The topological polar surface area (TPSA) is 91.9 Å². The summed E-state index contributed by atoms with van der Waals surface area (Å²) in [6.07, 6.45) is 0. The standard InChI is InChI=1S/C15H16N2O4S/c1-9-13(10(2)19)22-15(17(9)7-8-18)16-12-5-3-11(4-6-12)14(20)21/h3-6,18H,7-8H2,1-2H3,(H,20,21)/b16-15-. The second kappa shape index (κ2) is 6.67. The molecule has 0 saturated heterocycles. The molecule has 0 saturated carbocycles. The van der Waals surface area contributed by atoms with Gasteiger partial charge in [-0.15, -0.1) is 0 Å². The maximum atomic E-state index is 11.6. The molecule has 1 heterocycles. The van der Waals surface area contributed by atoms with Crippen molar-refractivity contribution in [3.8, 4) is 0 Å². The van der Waals surface area contributed by atoms with Crippen LogP contribution >= 0.6 is 11.3 Å². The Morgan fingerprint density at radius 1 is 1.27 bits per heavy atom. The summed E-state index contributed by atoms with van der Waals surface area (Å²) in [7, 11) is 0. The van der Waals surface area contributed by atoms with E-state index in [0.717, 1.165) is 5.69 Å². The number of thiazole rings is 1. The van der Waals surface area contributed by atoms with E-state index < -0.39 is 5.97 Å². The van der Waals surface area contributed by atoms with Crippen LogP contribution in [0.15, 0.2) is 29.3 Å². The molecule has 0 radical (unpaired) electrons. The van der Waals surface area contributed by atoms with Crippen molar-refractivity contribution in [2.45, 2.75) is 20.4 Å². The fourth-order valence-electron chi connectivity index (χ4n) is 2.05. The first-order valence-corrected chi connectivity index (χ1v) is 7.45. The quantitative estimate of drug-likeness (QED) is 0.824. The Morgan fingerprint density at radius 2 is 1.91 bits per heavy atom. The van der Waals surface area contributed by atoms with Gasteiger partial charge in [-0.05, 0) is 31.2 Å². The Morgan fingerprint density at radius 3 is 2.41 bits per heavy atom. The van der Waals surface area contributed by atoms with Crippen molar-refractivity contribution in [3.63, 3.8) is 0 Å². The number of carbonyl (C=O) groups excluding carboxylic acids is 1. The normalized spacial score (nSPS) is 11.7. The lowest BCUT2D eigenvalue weighted by molar-refractivity contribution is 0.0696. The molecule has 2 rings (SSSR count). The van der Waals surface area contributed by atoms with Crippen molar-refractivity contribution in [3.05, 3.63) is 45.2 Å². The summed E-state index contributed by atoms with van der Waals surface area (Å²) in [4.78, 5) is 28.1. The number of carboxylic acids is 1. The molecule has 0 aliphatic heterocycles. The van der Waals surface area contributed by atoms with Crippen LogP contribution in [0.3, 0.4) is 0 Å². The van der Waals surface area contributed by atoms with E-state index in [2.05, 4.69) is 4.99 Å². The zero-order valence-corrected chi connectivity index (χ0v) is 13.1. The smallest absolute Gasteiger partial charge is 0.335 e. The molecule has 2 aromatic rings. The molecule has 0 atom stereocenters. The monoisotopic (exact) mass is 320 g/mol. The molecule has 1 aromatic heterocycles. The highest BCUT2D eigenvalue weighted by atomic mass is 32.1. The molecule has 2 N–H and O–H groups in total. The van der Waals surface area contributed by atoms with Crippen molar-refractivity contribution in [2.75, 3.05) is 6.61 Å². The maximum Gasteiger partial charge on any atom is 0.335 e. The molecular weight excluding hydrogens is 304 g/mol. The molecule has 0 aliphatic carbocycles. The zero-order chi connectivity index (χ0) is 16.3. The maximum absolute atomic E-state index is 11.6. The first kappa shape index (κ1) is 16.1. The molecule has 22 heavy (non-hydrogen) atoms. The van der Waals surface area contributed by atoms with E-state index in [1.807, 2.05) is 6.92 Å². The summed E-state index contributed by atoms with van der Waals surface area (Å²) in [5.74, 6) is -1.04. The lowest BCUT2D eigenvalue weighted by Gasteiger charge is -2.03. The van der Waals surface area contributed by atoms with Crippen LogP contribution in [-0.4, -0.2) is 33.1 Å². The van der Waals surface area contributed by atoms with Gasteiger partial charge < -0.3 is 14.8 Å². The number of aliphatic hydroxyl groups is 1. The van der Waals surface area contributed by atoms with Gasteiger partial charge in [0.2, 0.25) is 0 Å². The minimum Gasteiger partial charge on any atom is -0.478 e. The summed E-state index contributed by atoms with van der Waals surface area (Å²) >= 11 is 1.26. The fourth-order valence-corrected chi connectivity index (χ4v) is 3.12. The van der Waals surface area contributed by atoms with Crippen molar-refractivity contribution in [1.82, 2.24) is 4.57 Å². The number of Topliss-reactive ketones (excluding diaryl/α,β-unsaturated/α-hetero) is 1. The molecule has 7 heteroatoms. The molecule has 0 aliphatic rings. The lowest BCUT2D eigenvalue weighted by Crippen LogP contribution is -2.18. The Kier molecular flexibility index (Phi) is 4.89. The van der Waals surface area contributed by atoms with Crippen LogP contribution in [0.5, 0.6) is 0 Å². The summed E-state index contributed by atoms with van der Waals surface area (Å²) in [5, 5.41) is 18.1. The van der Waals surface area contributed by atoms with E-state index in [-0.39, 0.29) is 18.0 Å². The highest BCUT2D eigenvalue weighted by molar-refractivity contribution is 7.11. The summed E-state index contributed by atoms with van der Waals surface area (Å²) < 4.78 is 1.78. The van der Waals surface area contributed by atoms with Crippen LogP contribution < -0.4 is 4.80 Å². The molecule has 0 bridgehead atoms. The van der Waals surface area contributed by atoms with Crippen LogP contribution in [0, 0.1) is 6.92 Å². The number of rotatable bonds is 5. The molecule has 116 valence electrons. The lowest BCUT2D eigenvalue weighted by atomic mass is 10.2. The van der Waals surface area contributed by atoms with Crippen LogP contribution in [0.1, 0.15) is 32.6 Å². The van der Waals surface area contributed by atoms with Crippen LogP contribution in [0.25, 0.3) is 0 Å². The number of nitrogens with zero attached hydrogens (tertiary/aromatic N) is 2. The van der Waals surface area contributed by atoms with Crippen LogP contribution in [0.2, 0.25) is 0 Å². The third-order valence-electron chi connectivity index (χ3n) is 3.14. The van der Waals surface area contributed by atoms with Crippen molar-refractivity contribution in [2.24, 2.45) is 4.99 Å². The Bertz CT molecular complexity index is 772. The number of benzene rings is 1. The number of hydrogen-bond acceptors (Lipinski definition) is 5. The number of aromatic carboxylic acids is 1. The molecule has 1 aromatic carbocycles. The average molecular weight is 320 g/mol. The van der Waals surface area contributed by atoms with E-state index in [0.29, 0.717) is 21.9 Å². The number of carbonyl (C=O) groups is 2. The van der Waals surface area contributed by atoms with Gasteiger partial charge in [0.05, 0.1) is 22.7 Å². The predicted molar refractivity (Wildman–Crippen MR) is 82.8 cm³/mol. The number of hydrogen-bond donors (Lipinski definition) is 2. The number of aromatic nitrogens is 1. The zero-order valence-electron chi connectivity index (χ0n) is 12.2. The third-order valence-corrected chi connectivity index (χ3v) is 4.42. The van der Waals surface area contributed by atoms with E-state index in [1.165, 1.54) is 30.4 Å². The predicted octanol–water partition coefficient (Wildman–Crippen LogP) is 1.98. The summed E-state index contributed by atoms with van der Waals surface area (Å²) in [5.41, 5.74) is 1.55. The molecule has 6 nitrogen and oxygen atoms in total. The van der Waals surface area contributed by atoms with Crippen LogP contribution in [-0.2, 0) is 6.54 Å². The van der Waals surface area contributed by atoms with Gasteiger partial charge in [0.25, 0.3) is 0 Å². The number of ketones is 1. The van der Waals surface area contributed by atoms with Gasteiger partial charge in [-0.25, -0.2) is 9.79 Å². The van der Waals surface area contributed by atoms with Gasteiger partial charge in [0.15, 0.2) is 10.6 Å².